The summed E-state index contributed by atoms with van der Waals surface area (Å²) in [5, 5.41) is 0. The highest BCUT2D eigenvalue weighted by Gasteiger charge is 2.24. The summed E-state index contributed by atoms with van der Waals surface area (Å²) in [5.41, 5.74) is 6.56. The van der Waals surface area contributed by atoms with Gasteiger partial charge in [0.2, 0.25) is 5.51 Å². The third-order valence-electron chi connectivity index (χ3n) is 5.43. The molecule has 0 unspecified atom stereocenters. The number of hydrogen-bond acceptors (Lipinski definition) is 3. The van der Waals surface area contributed by atoms with Gasteiger partial charge in [0.15, 0.2) is 12.2 Å². The Morgan fingerprint density at radius 2 is 1.41 bits per heavy atom. The number of halogens is 1. The first-order valence-corrected chi connectivity index (χ1v) is 11.4. The molecule has 0 saturated carbocycles. The van der Waals surface area contributed by atoms with E-state index in [1.165, 1.54) is 16.1 Å². The number of esters is 1. The van der Waals surface area contributed by atoms with Crippen LogP contribution in [-0.2, 0) is 22.5 Å². The van der Waals surface area contributed by atoms with Crippen LogP contribution in [0.1, 0.15) is 33.2 Å². The van der Waals surface area contributed by atoms with Crippen LogP contribution in [0.3, 0.4) is 0 Å². The van der Waals surface area contributed by atoms with Crippen molar-refractivity contribution in [3.8, 4) is 0 Å². The predicted octanol–water partition coefficient (Wildman–Crippen LogP) is 2.31. The Morgan fingerprint density at radius 3 is 1.97 bits per heavy atom. The fourth-order valence-corrected chi connectivity index (χ4v) is 4.69. The van der Waals surface area contributed by atoms with Crippen molar-refractivity contribution >= 4 is 17.3 Å². The van der Waals surface area contributed by atoms with Gasteiger partial charge in [0.1, 0.15) is 5.92 Å². The van der Waals surface area contributed by atoms with Crippen LogP contribution in [0.2, 0.25) is 0 Å². The number of carbonyl (C=O) groups is 1. The van der Waals surface area contributed by atoms with E-state index >= 15 is 0 Å². The first-order chi connectivity index (χ1) is 15.2. The van der Waals surface area contributed by atoms with Gasteiger partial charge in [0.05, 0.1) is 11.5 Å². The molecule has 4 aromatic rings. The largest absolute Gasteiger partial charge is 1.00 e. The molecule has 0 radical (unpaired) electrons. The topological polar surface area (TPSA) is 30.2 Å². The summed E-state index contributed by atoms with van der Waals surface area (Å²) in [6, 6.07) is 30.1. The van der Waals surface area contributed by atoms with E-state index in [2.05, 4.69) is 41.3 Å². The molecule has 1 heterocycles. The lowest BCUT2D eigenvalue weighted by Crippen LogP contribution is -3.00. The van der Waals surface area contributed by atoms with Gasteiger partial charge in [0.25, 0.3) is 0 Å². The molecule has 0 saturated heterocycles. The van der Waals surface area contributed by atoms with E-state index in [1.54, 1.807) is 11.3 Å². The highest BCUT2D eigenvalue weighted by Crippen LogP contribution is 2.26. The van der Waals surface area contributed by atoms with Crippen molar-refractivity contribution in [2.24, 2.45) is 0 Å². The average Bonchev–Trinajstić information content (AvgIpc) is 3.15. The van der Waals surface area contributed by atoms with Gasteiger partial charge >= 0.3 is 5.97 Å². The van der Waals surface area contributed by atoms with E-state index in [-0.39, 0.29) is 18.4 Å². The van der Waals surface area contributed by atoms with Crippen LogP contribution < -0.4 is 17.0 Å². The molecular weight excluding hydrogens is 438 g/mol. The van der Waals surface area contributed by atoms with Crippen LogP contribution in [-0.4, -0.2) is 12.6 Å². The highest BCUT2D eigenvalue weighted by molar-refractivity contribution is 7.09. The van der Waals surface area contributed by atoms with Crippen molar-refractivity contribution < 1.29 is 26.5 Å². The van der Waals surface area contributed by atoms with Gasteiger partial charge < -0.3 is 17.1 Å². The number of thiazole rings is 1. The molecule has 0 fully saturated rings. The van der Waals surface area contributed by atoms with Crippen molar-refractivity contribution in [3.63, 3.8) is 0 Å². The number of hydrogen-bond donors (Lipinski definition) is 0. The van der Waals surface area contributed by atoms with Gasteiger partial charge in [-0.3, -0.25) is 4.79 Å². The summed E-state index contributed by atoms with van der Waals surface area (Å²) >= 11 is 1.72. The summed E-state index contributed by atoms with van der Waals surface area (Å²) in [6.45, 7) is 3.36. The van der Waals surface area contributed by atoms with Crippen molar-refractivity contribution in [1.82, 2.24) is 0 Å². The molecule has 0 amide bonds. The molecule has 5 heteroatoms. The van der Waals surface area contributed by atoms with Gasteiger partial charge in [-0.1, -0.05) is 102 Å². The van der Waals surface area contributed by atoms with Crippen molar-refractivity contribution in [2.45, 2.75) is 25.8 Å². The Balaban J connectivity index is 0.00000289. The summed E-state index contributed by atoms with van der Waals surface area (Å²) in [6.07, 6.45) is 0.723. The van der Waals surface area contributed by atoms with Crippen LogP contribution in [0, 0.1) is 6.92 Å². The second-order valence-corrected chi connectivity index (χ2v) is 8.46. The van der Waals surface area contributed by atoms with Gasteiger partial charge in [-0.2, -0.15) is 4.57 Å². The first-order valence-electron chi connectivity index (χ1n) is 10.5. The van der Waals surface area contributed by atoms with Crippen molar-refractivity contribution in [2.75, 3.05) is 6.61 Å². The monoisotopic (exact) mass is 463 g/mol. The van der Waals surface area contributed by atoms with Gasteiger partial charge in [-0.25, -0.2) is 0 Å². The third kappa shape index (κ3) is 5.84. The molecule has 0 atom stereocenters. The number of rotatable bonds is 8. The van der Waals surface area contributed by atoms with E-state index in [0.717, 1.165) is 24.1 Å². The SMILES string of the molecule is Cc1c(CCOC(=O)C(c2ccccc2)c2ccccc2)sc[n+]1Cc1ccccc1.[Cl-]. The molecule has 1 aromatic heterocycles. The number of ether oxygens (including phenoxy) is 1. The summed E-state index contributed by atoms with van der Waals surface area (Å²) < 4.78 is 8.02. The fraction of sp³-hybridized carbons (Fsp3) is 0.185. The van der Waals surface area contributed by atoms with Crippen LogP contribution >= 0.6 is 11.3 Å². The number of nitrogens with zero attached hydrogens (tertiary/aromatic N) is 1. The molecule has 32 heavy (non-hydrogen) atoms. The molecule has 0 aliphatic rings. The lowest BCUT2D eigenvalue weighted by atomic mass is 9.91. The highest BCUT2D eigenvalue weighted by atomic mass is 35.5. The zero-order valence-corrected chi connectivity index (χ0v) is 19.6. The Bertz CT molecular complexity index is 1070. The molecule has 0 aliphatic heterocycles. The second-order valence-electron chi connectivity index (χ2n) is 7.52. The Hall–Kier alpha value is -2.95. The fourth-order valence-electron chi connectivity index (χ4n) is 3.71. The van der Waals surface area contributed by atoms with Gasteiger partial charge in [-0.15, -0.1) is 0 Å². The van der Waals surface area contributed by atoms with Crippen LogP contribution in [0.15, 0.2) is 96.5 Å². The van der Waals surface area contributed by atoms with E-state index in [0.29, 0.717) is 6.61 Å². The number of carbonyl (C=O) groups excluding carboxylic acids is 1. The molecule has 3 nitrogen and oxygen atoms in total. The zero-order chi connectivity index (χ0) is 21.5. The van der Waals surface area contributed by atoms with Crippen molar-refractivity contribution in [1.29, 1.82) is 0 Å². The molecular formula is C27H26ClNO2S. The lowest BCUT2D eigenvalue weighted by molar-refractivity contribution is -0.689. The van der Waals surface area contributed by atoms with Gasteiger partial charge in [-0.05, 0) is 11.1 Å². The summed E-state index contributed by atoms with van der Waals surface area (Å²) in [4.78, 5) is 14.3. The molecule has 0 aliphatic carbocycles. The van der Waals surface area contributed by atoms with E-state index in [9.17, 15) is 4.79 Å². The maximum Gasteiger partial charge on any atom is 0.317 e. The zero-order valence-electron chi connectivity index (χ0n) is 18.0. The minimum absolute atomic E-state index is 0. The average molecular weight is 464 g/mol. The maximum absolute atomic E-state index is 13.0. The second kappa shape index (κ2) is 11.6. The maximum atomic E-state index is 13.0. The molecule has 0 N–H and O–H groups in total. The quantitative estimate of drug-likeness (QED) is 0.296. The van der Waals surface area contributed by atoms with E-state index < -0.39 is 5.92 Å². The summed E-state index contributed by atoms with van der Waals surface area (Å²) in [7, 11) is 0. The molecule has 164 valence electrons. The lowest BCUT2D eigenvalue weighted by Gasteiger charge is -2.17. The molecule has 4 rings (SSSR count). The number of benzene rings is 3. The Labute approximate surface area is 199 Å². The molecule has 0 spiro atoms. The van der Waals surface area contributed by atoms with Crippen LogP contribution in [0.4, 0.5) is 0 Å². The third-order valence-corrected chi connectivity index (χ3v) is 6.57. The summed E-state index contributed by atoms with van der Waals surface area (Å²) in [5.74, 6) is -0.612. The van der Waals surface area contributed by atoms with Crippen LogP contribution in [0.25, 0.3) is 0 Å². The van der Waals surface area contributed by atoms with Crippen LogP contribution in [0.5, 0.6) is 0 Å². The number of aromatic nitrogens is 1. The normalized spacial score (nSPS) is 10.6. The molecule has 0 bridgehead atoms. The minimum Gasteiger partial charge on any atom is -1.00 e. The van der Waals surface area contributed by atoms with E-state index in [4.69, 9.17) is 4.74 Å². The molecule has 3 aromatic carbocycles. The smallest absolute Gasteiger partial charge is 0.317 e. The first kappa shape index (κ1) is 23.7. The van der Waals surface area contributed by atoms with Gasteiger partial charge in [0, 0.05) is 18.9 Å². The predicted molar refractivity (Wildman–Crippen MR) is 124 cm³/mol. The van der Waals surface area contributed by atoms with Crippen molar-refractivity contribution in [3.05, 3.63) is 124 Å². The van der Waals surface area contributed by atoms with E-state index in [1.807, 2.05) is 66.7 Å². The standard InChI is InChI=1S/C27H26NO2S.ClH/c1-21-25(31-20-28(21)19-22-11-5-2-6-12-22)17-18-30-27(29)26(23-13-7-3-8-14-23)24-15-9-4-10-16-24;/h2-16,20,26H,17-19H2,1H3;1H/q+1;/p-1. The Morgan fingerprint density at radius 1 is 0.875 bits per heavy atom. The minimum atomic E-state index is -0.408. The Kier molecular flexibility index (Phi) is 8.60.